The van der Waals surface area contributed by atoms with Crippen molar-refractivity contribution in [3.63, 3.8) is 0 Å². The molecule has 148 valence electrons. The van der Waals surface area contributed by atoms with E-state index in [0.29, 0.717) is 34.0 Å². The number of nitrogens with zero attached hydrogens (tertiary/aromatic N) is 5. The van der Waals surface area contributed by atoms with Gasteiger partial charge in [0.2, 0.25) is 11.5 Å². The lowest BCUT2D eigenvalue weighted by atomic mass is 10.1. The van der Waals surface area contributed by atoms with Gasteiger partial charge in [-0.25, -0.2) is 4.68 Å². The Bertz CT molecular complexity index is 1310. The molecular weight excluding hydrogens is 436 g/mol. The van der Waals surface area contributed by atoms with E-state index in [0.717, 1.165) is 15.5 Å². The lowest BCUT2D eigenvalue weighted by Crippen LogP contribution is -2.18. The van der Waals surface area contributed by atoms with Crippen LogP contribution in [0.3, 0.4) is 0 Å². The van der Waals surface area contributed by atoms with Gasteiger partial charge in [0.25, 0.3) is 5.91 Å². The number of carbonyl (C=O) groups excluding carboxylic acids is 1. The molecule has 8 nitrogen and oxygen atoms in total. The number of rotatable bonds is 3. The van der Waals surface area contributed by atoms with Gasteiger partial charge in [-0.1, -0.05) is 15.9 Å². The molecule has 0 unspecified atom stereocenters. The van der Waals surface area contributed by atoms with Crippen molar-refractivity contribution >= 4 is 32.9 Å². The van der Waals surface area contributed by atoms with Crippen molar-refractivity contribution in [1.29, 1.82) is 0 Å². The summed E-state index contributed by atoms with van der Waals surface area (Å²) in [6.07, 6.45) is 1.67. The summed E-state index contributed by atoms with van der Waals surface area (Å²) < 4.78 is 9.82. The van der Waals surface area contributed by atoms with Gasteiger partial charge in [-0.15, -0.1) is 0 Å². The Balaban J connectivity index is 1.79. The Kier molecular flexibility index (Phi) is 4.83. The Labute approximate surface area is 175 Å². The number of carbonyl (C=O) groups is 1. The lowest BCUT2D eigenvalue weighted by molar-refractivity contribution is 0.0996. The summed E-state index contributed by atoms with van der Waals surface area (Å²) in [5, 5.41) is 4.21. The summed E-state index contributed by atoms with van der Waals surface area (Å²) in [7, 11) is 5.22. The molecule has 4 rings (SSSR count). The standard InChI is InChI=1S/C20H19BrN6O2/c1-11-7-12(8-15(23-11)14-10-22-27(3)19(14)29-4)18(28)25-20-24-16-9-13(21)5-6-17(16)26(20)2/h5-10H,1-4H3,(H,24,25,28). The normalized spacial score (nSPS) is 12.0. The van der Waals surface area contributed by atoms with E-state index in [1.54, 1.807) is 37.2 Å². The van der Waals surface area contributed by atoms with Gasteiger partial charge in [-0.3, -0.25) is 9.78 Å². The Morgan fingerprint density at radius 1 is 1.24 bits per heavy atom. The first-order valence-corrected chi connectivity index (χ1v) is 9.65. The number of hydrogen-bond acceptors (Lipinski definition) is 4. The maximum atomic E-state index is 12.9. The summed E-state index contributed by atoms with van der Waals surface area (Å²) in [6.45, 7) is 1.84. The second-order valence-electron chi connectivity index (χ2n) is 6.66. The van der Waals surface area contributed by atoms with E-state index in [1.807, 2.05) is 36.7 Å². The first-order valence-electron chi connectivity index (χ1n) is 8.85. The van der Waals surface area contributed by atoms with Crippen molar-refractivity contribution in [2.75, 3.05) is 7.11 Å². The van der Waals surface area contributed by atoms with Crippen LogP contribution in [-0.4, -0.2) is 37.3 Å². The number of aromatic amines is 1. The average Bonchev–Trinajstić information content (AvgIpc) is 3.20. The van der Waals surface area contributed by atoms with Crippen LogP contribution < -0.4 is 10.4 Å². The van der Waals surface area contributed by atoms with Gasteiger partial charge in [-0.2, -0.15) is 10.1 Å². The fraction of sp³-hybridized carbons (Fsp3) is 0.200. The van der Waals surface area contributed by atoms with Crippen LogP contribution in [-0.2, 0) is 14.1 Å². The molecule has 0 saturated heterocycles. The quantitative estimate of drug-likeness (QED) is 0.514. The molecule has 29 heavy (non-hydrogen) atoms. The van der Waals surface area contributed by atoms with Crippen LogP contribution in [0.5, 0.6) is 5.88 Å². The minimum absolute atomic E-state index is 0.360. The highest BCUT2D eigenvalue weighted by Crippen LogP contribution is 2.28. The Hall–Kier alpha value is -3.20. The molecular formula is C20H19BrN6O2. The minimum Gasteiger partial charge on any atom is -0.481 e. The topological polar surface area (TPSA) is 90.1 Å². The van der Waals surface area contributed by atoms with Crippen LogP contribution in [0, 0.1) is 6.92 Å². The third kappa shape index (κ3) is 3.49. The molecule has 1 aromatic carbocycles. The molecule has 1 N–H and O–H groups in total. The van der Waals surface area contributed by atoms with E-state index in [9.17, 15) is 4.79 Å². The van der Waals surface area contributed by atoms with Crippen molar-refractivity contribution in [2.24, 2.45) is 19.1 Å². The zero-order chi connectivity index (χ0) is 20.7. The van der Waals surface area contributed by atoms with Gasteiger partial charge in [-0.05, 0) is 37.3 Å². The zero-order valence-corrected chi connectivity index (χ0v) is 18.0. The molecule has 0 fully saturated rings. The summed E-state index contributed by atoms with van der Waals surface area (Å²) in [4.78, 5) is 24.9. The number of ether oxygens (including phenoxy) is 1. The number of halogens is 1. The molecule has 0 bridgehead atoms. The van der Waals surface area contributed by atoms with Gasteiger partial charge >= 0.3 is 0 Å². The lowest BCUT2D eigenvalue weighted by Gasteiger charge is -2.06. The number of pyridine rings is 1. The Morgan fingerprint density at radius 2 is 2.03 bits per heavy atom. The third-order valence-electron chi connectivity index (χ3n) is 4.65. The van der Waals surface area contributed by atoms with Crippen molar-refractivity contribution in [2.45, 2.75) is 6.92 Å². The van der Waals surface area contributed by atoms with Crippen molar-refractivity contribution in [1.82, 2.24) is 24.3 Å². The van der Waals surface area contributed by atoms with Gasteiger partial charge < -0.3 is 14.3 Å². The number of benzene rings is 1. The van der Waals surface area contributed by atoms with Crippen LogP contribution in [0.1, 0.15) is 16.1 Å². The maximum Gasteiger partial charge on any atom is 0.280 e. The zero-order valence-electron chi connectivity index (χ0n) is 16.4. The molecule has 3 aromatic heterocycles. The second-order valence-corrected chi connectivity index (χ2v) is 7.58. The number of H-pyrrole nitrogens is 1. The molecule has 0 aliphatic carbocycles. The summed E-state index contributed by atoms with van der Waals surface area (Å²) in [6, 6.07) is 9.28. The number of nitrogens with one attached hydrogen (secondary N) is 1. The van der Waals surface area contributed by atoms with Crippen LogP contribution in [0.25, 0.3) is 22.3 Å². The Morgan fingerprint density at radius 3 is 2.79 bits per heavy atom. The second kappa shape index (κ2) is 7.32. The fourth-order valence-corrected chi connectivity index (χ4v) is 3.62. The van der Waals surface area contributed by atoms with E-state index < -0.39 is 0 Å². The van der Waals surface area contributed by atoms with E-state index in [4.69, 9.17) is 4.74 Å². The maximum absolute atomic E-state index is 12.9. The number of methoxy groups -OCH3 is 1. The predicted octanol–water partition coefficient (Wildman–Crippen LogP) is 3.12. The fourth-order valence-electron chi connectivity index (χ4n) is 3.26. The van der Waals surface area contributed by atoms with Crippen LogP contribution in [0.15, 0.2) is 46.0 Å². The van der Waals surface area contributed by atoms with Crippen molar-refractivity contribution < 1.29 is 9.53 Å². The van der Waals surface area contributed by atoms with Crippen LogP contribution in [0.2, 0.25) is 0 Å². The summed E-state index contributed by atoms with van der Waals surface area (Å²) >= 11 is 3.45. The number of imidazole rings is 1. The van der Waals surface area contributed by atoms with Crippen LogP contribution in [0.4, 0.5) is 0 Å². The molecule has 3 heterocycles. The third-order valence-corrected chi connectivity index (χ3v) is 5.14. The van der Waals surface area contributed by atoms with Gasteiger partial charge in [0.1, 0.15) is 0 Å². The minimum atomic E-state index is -0.360. The van der Waals surface area contributed by atoms with Gasteiger partial charge in [0.05, 0.1) is 35.6 Å². The summed E-state index contributed by atoms with van der Waals surface area (Å²) in [5.74, 6) is 0.215. The van der Waals surface area contributed by atoms with Crippen molar-refractivity contribution in [3.8, 4) is 17.1 Å². The van der Waals surface area contributed by atoms with Crippen LogP contribution >= 0.6 is 15.9 Å². The number of fused-ring (bicyclic) bond motifs is 1. The number of aryl methyl sites for hydroxylation is 3. The number of amides is 1. The molecule has 4 aromatic rings. The van der Waals surface area contributed by atoms with Gasteiger partial charge in [0, 0.05) is 29.8 Å². The molecule has 0 spiro atoms. The van der Waals surface area contributed by atoms with E-state index in [1.165, 1.54) is 0 Å². The highest BCUT2D eigenvalue weighted by atomic mass is 79.9. The monoisotopic (exact) mass is 454 g/mol. The number of hydrogen-bond donors (Lipinski definition) is 1. The predicted molar refractivity (Wildman–Crippen MR) is 113 cm³/mol. The largest absolute Gasteiger partial charge is 0.481 e. The molecule has 0 saturated carbocycles. The smallest absolute Gasteiger partial charge is 0.280 e. The van der Waals surface area contributed by atoms with E-state index >= 15 is 0 Å². The molecule has 1 amide bonds. The molecule has 0 aliphatic heterocycles. The first-order chi connectivity index (χ1) is 13.9. The SMILES string of the molecule is COc1c(-c2cc(C(=O)/N=c3\[nH]c4cc(Br)ccc4n3C)cc(C)n2)cnn1C. The van der Waals surface area contributed by atoms with Gasteiger partial charge in [0.15, 0.2) is 0 Å². The highest BCUT2D eigenvalue weighted by molar-refractivity contribution is 9.10. The number of aromatic nitrogens is 5. The molecule has 0 radical (unpaired) electrons. The van der Waals surface area contributed by atoms with E-state index in [2.05, 4.69) is 36.0 Å². The highest BCUT2D eigenvalue weighted by Gasteiger charge is 2.16. The van der Waals surface area contributed by atoms with Crippen molar-refractivity contribution in [3.05, 3.63) is 57.9 Å². The molecule has 9 heteroatoms. The van der Waals surface area contributed by atoms with E-state index in [-0.39, 0.29) is 5.91 Å². The summed E-state index contributed by atoms with van der Waals surface area (Å²) in [5.41, 5.74) is 4.78. The average molecular weight is 455 g/mol. The molecule has 0 atom stereocenters. The molecule has 0 aliphatic rings. The first kappa shape index (κ1) is 19.1.